The van der Waals surface area contributed by atoms with E-state index in [1.807, 2.05) is 6.07 Å². The Hall–Kier alpha value is -1.97. The number of aromatic nitrogens is 1. The molecule has 1 aliphatic rings. The fourth-order valence-electron chi connectivity index (χ4n) is 2.89. The molecule has 1 saturated heterocycles. The number of anilines is 1. The van der Waals surface area contributed by atoms with Gasteiger partial charge in [-0.1, -0.05) is 0 Å². The number of aryl methyl sites for hydroxylation is 1. The summed E-state index contributed by atoms with van der Waals surface area (Å²) in [5.41, 5.74) is 2.51. The van der Waals surface area contributed by atoms with Crippen molar-refractivity contribution in [1.29, 1.82) is 0 Å². The second-order valence-electron chi connectivity index (χ2n) is 5.18. The molecule has 100 valence electrons. The number of carboxylic acids is 1. The first-order chi connectivity index (χ1) is 9.16. The van der Waals surface area contributed by atoms with Gasteiger partial charge in [-0.2, -0.15) is 0 Å². The summed E-state index contributed by atoms with van der Waals surface area (Å²) in [5.74, 6) is -0.877. The van der Waals surface area contributed by atoms with Crippen molar-refractivity contribution in [1.82, 2.24) is 4.57 Å². The Morgan fingerprint density at radius 3 is 2.58 bits per heavy atom. The molecule has 1 aromatic carbocycles. The highest BCUT2D eigenvalue weighted by atomic mass is 16.4. The van der Waals surface area contributed by atoms with Crippen molar-refractivity contribution in [2.24, 2.45) is 7.05 Å². The molecule has 0 atom stereocenters. The first kappa shape index (κ1) is 12.1. The van der Waals surface area contributed by atoms with Gasteiger partial charge in [0.05, 0.1) is 0 Å². The van der Waals surface area contributed by atoms with E-state index >= 15 is 0 Å². The average molecular weight is 258 g/mol. The van der Waals surface area contributed by atoms with Crippen LogP contribution in [-0.4, -0.2) is 28.7 Å². The van der Waals surface area contributed by atoms with Gasteiger partial charge in [0.25, 0.3) is 0 Å². The summed E-state index contributed by atoms with van der Waals surface area (Å²) in [7, 11) is 1.80. The van der Waals surface area contributed by atoms with Crippen LogP contribution in [0.15, 0.2) is 24.3 Å². The minimum Gasteiger partial charge on any atom is -0.477 e. The molecule has 0 amide bonds. The van der Waals surface area contributed by atoms with E-state index in [1.54, 1.807) is 17.7 Å². The Balaban J connectivity index is 2.03. The van der Waals surface area contributed by atoms with E-state index < -0.39 is 5.97 Å². The lowest BCUT2D eigenvalue weighted by Crippen LogP contribution is -2.29. The quantitative estimate of drug-likeness (QED) is 0.901. The number of carboxylic acid groups (broad SMARTS) is 1. The highest BCUT2D eigenvalue weighted by molar-refractivity contribution is 5.95. The van der Waals surface area contributed by atoms with Crippen LogP contribution in [0.2, 0.25) is 0 Å². The Bertz CT molecular complexity index is 624. The Morgan fingerprint density at radius 1 is 1.16 bits per heavy atom. The zero-order chi connectivity index (χ0) is 13.4. The van der Waals surface area contributed by atoms with Crippen molar-refractivity contribution < 1.29 is 9.90 Å². The number of hydrogen-bond acceptors (Lipinski definition) is 2. The maximum absolute atomic E-state index is 11.1. The average Bonchev–Trinajstić information content (AvgIpc) is 2.77. The van der Waals surface area contributed by atoms with Crippen LogP contribution in [0, 0.1) is 0 Å². The fraction of sp³-hybridized carbons (Fsp3) is 0.400. The normalized spacial score (nSPS) is 15.9. The Kier molecular flexibility index (Phi) is 2.93. The summed E-state index contributed by atoms with van der Waals surface area (Å²) in [6.07, 6.45) is 3.80. The number of nitrogens with zero attached hydrogens (tertiary/aromatic N) is 2. The lowest BCUT2D eigenvalue weighted by Gasteiger charge is -2.28. The third-order valence-electron chi connectivity index (χ3n) is 3.97. The monoisotopic (exact) mass is 258 g/mol. The molecule has 1 aromatic heterocycles. The lowest BCUT2D eigenvalue weighted by molar-refractivity contribution is 0.0687. The van der Waals surface area contributed by atoms with Crippen LogP contribution in [0.25, 0.3) is 10.9 Å². The minimum atomic E-state index is -0.877. The van der Waals surface area contributed by atoms with Gasteiger partial charge in [0.15, 0.2) is 0 Å². The van der Waals surface area contributed by atoms with E-state index in [1.165, 1.54) is 24.9 Å². The minimum absolute atomic E-state index is 0.339. The molecule has 0 spiro atoms. The first-order valence-corrected chi connectivity index (χ1v) is 6.74. The summed E-state index contributed by atoms with van der Waals surface area (Å²) in [5, 5.41) is 10.2. The third-order valence-corrected chi connectivity index (χ3v) is 3.97. The fourth-order valence-corrected chi connectivity index (χ4v) is 2.89. The second-order valence-corrected chi connectivity index (χ2v) is 5.18. The predicted molar refractivity (Wildman–Crippen MR) is 75.9 cm³/mol. The van der Waals surface area contributed by atoms with Crippen molar-refractivity contribution in [3.05, 3.63) is 30.0 Å². The molecule has 1 fully saturated rings. The van der Waals surface area contributed by atoms with Crippen molar-refractivity contribution >= 4 is 22.6 Å². The van der Waals surface area contributed by atoms with Gasteiger partial charge >= 0.3 is 5.97 Å². The largest absolute Gasteiger partial charge is 0.477 e. The van der Waals surface area contributed by atoms with Gasteiger partial charge in [0.2, 0.25) is 0 Å². The number of aromatic carboxylic acids is 1. The van der Waals surface area contributed by atoms with Crippen LogP contribution < -0.4 is 4.90 Å². The summed E-state index contributed by atoms with van der Waals surface area (Å²) in [4.78, 5) is 13.5. The zero-order valence-electron chi connectivity index (χ0n) is 11.1. The summed E-state index contributed by atoms with van der Waals surface area (Å²) >= 11 is 0. The number of carbonyl (C=O) groups is 1. The highest BCUT2D eigenvalue weighted by Crippen LogP contribution is 2.26. The molecule has 4 nitrogen and oxygen atoms in total. The summed E-state index contributed by atoms with van der Waals surface area (Å²) in [6.45, 7) is 2.20. The van der Waals surface area contributed by atoms with Gasteiger partial charge in [0.1, 0.15) is 5.69 Å². The molecule has 0 bridgehead atoms. The van der Waals surface area contributed by atoms with Crippen molar-refractivity contribution in [3.8, 4) is 0 Å². The van der Waals surface area contributed by atoms with Crippen LogP contribution >= 0.6 is 0 Å². The molecular weight excluding hydrogens is 240 g/mol. The van der Waals surface area contributed by atoms with E-state index in [2.05, 4.69) is 17.0 Å². The van der Waals surface area contributed by atoms with E-state index in [0.29, 0.717) is 5.69 Å². The second kappa shape index (κ2) is 4.61. The topological polar surface area (TPSA) is 45.5 Å². The molecule has 1 aliphatic heterocycles. The predicted octanol–water partition coefficient (Wildman–Crippen LogP) is 2.87. The molecule has 0 unspecified atom stereocenters. The van der Waals surface area contributed by atoms with Gasteiger partial charge < -0.3 is 14.6 Å². The molecule has 3 rings (SSSR count). The van der Waals surface area contributed by atoms with Gasteiger partial charge in [-0.3, -0.25) is 0 Å². The zero-order valence-corrected chi connectivity index (χ0v) is 11.1. The van der Waals surface area contributed by atoms with Crippen molar-refractivity contribution in [3.63, 3.8) is 0 Å². The Morgan fingerprint density at radius 2 is 1.89 bits per heavy atom. The molecule has 0 saturated carbocycles. The molecular formula is C15H18N2O2. The first-order valence-electron chi connectivity index (χ1n) is 6.74. The number of hydrogen-bond donors (Lipinski definition) is 1. The van der Waals surface area contributed by atoms with Crippen LogP contribution in [0.3, 0.4) is 0 Å². The Labute approximate surface area is 112 Å². The van der Waals surface area contributed by atoms with Crippen molar-refractivity contribution in [2.45, 2.75) is 19.3 Å². The summed E-state index contributed by atoms with van der Waals surface area (Å²) < 4.78 is 1.73. The van der Waals surface area contributed by atoms with Gasteiger partial charge in [-0.15, -0.1) is 0 Å². The van der Waals surface area contributed by atoms with E-state index in [-0.39, 0.29) is 0 Å². The van der Waals surface area contributed by atoms with E-state index in [4.69, 9.17) is 5.11 Å². The smallest absolute Gasteiger partial charge is 0.352 e. The molecule has 2 heterocycles. The van der Waals surface area contributed by atoms with Gasteiger partial charge in [0, 0.05) is 36.7 Å². The maximum Gasteiger partial charge on any atom is 0.352 e. The number of rotatable bonds is 2. The van der Waals surface area contributed by atoms with Crippen molar-refractivity contribution in [2.75, 3.05) is 18.0 Å². The van der Waals surface area contributed by atoms with Crippen LogP contribution in [0.4, 0.5) is 5.69 Å². The molecule has 1 N–H and O–H groups in total. The standard InChI is InChI=1S/C15H18N2O2/c1-16-13-6-5-12(17-7-3-2-4-8-17)9-11(13)10-14(16)15(18)19/h5-6,9-10H,2-4,7-8H2,1H3,(H,18,19). The molecule has 0 aliphatic carbocycles. The highest BCUT2D eigenvalue weighted by Gasteiger charge is 2.15. The molecule has 19 heavy (non-hydrogen) atoms. The van der Waals surface area contributed by atoms with Crippen LogP contribution in [0.5, 0.6) is 0 Å². The SMILES string of the molecule is Cn1c(C(=O)O)cc2cc(N3CCCCC3)ccc21. The summed E-state index contributed by atoms with van der Waals surface area (Å²) in [6, 6.07) is 7.98. The number of benzene rings is 1. The maximum atomic E-state index is 11.1. The van der Waals surface area contributed by atoms with Crippen LogP contribution in [0.1, 0.15) is 29.8 Å². The molecule has 2 aromatic rings. The number of fused-ring (bicyclic) bond motifs is 1. The van der Waals surface area contributed by atoms with E-state index in [0.717, 1.165) is 24.0 Å². The van der Waals surface area contributed by atoms with Gasteiger partial charge in [-0.05, 0) is 43.5 Å². The third kappa shape index (κ3) is 2.07. The van der Waals surface area contributed by atoms with Crippen LogP contribution in [-0.2, 0) is 7.05 Å². The molecule has 4 heteroatoms. The lowest BCUT2D eigenvalue weighted by atomic mass is 10.1. The van der Waals surface area contributed by atoms with E-state index in [9.17, 15) is 4.79 Å². The number of piperidine rings is 1. The van der Waals surface area contributed by atoms with Gasteiger partial charge in [-0.25, -0.2) is 4.79 Å². The molecule has 0 radical (unpaired) electrons.